The summed E-state index contributed by atoms with van der Waals surface area (Å²) in [6.45, 7) is 3.31. The summed E-state index contributed by atoms with van der Waals surface area (Å²) in [5.74, 6) is 1.39. The van der Waals surface area contributed by atoms with Gasteiger partial charge in [-0.1, -0.05) is 5.16 Å². The summed E-state index contributed by atoms with van der Waals surface area (Å²) in [4.78, 5) is 12.6. The molecular formula is C15H17N5O. The maximum atomic E-state index is 5.89. The van der Waals surface area contributed by atoms with Crippen molar-refractivity contribution in [3.05, 3.63) is 36.3 Å². The molecule has 2 aromatic heterocycles. The Labute approximate surface area is 122 Å². The minimum Gasteiger partial charge on any atom is -0.364 e. The van der Waals surface area contributed by atoms with Crippen LogP contribution in [-0.2, 0) is 4.84 Å². The molecule has 4 aliphatic heterocycles. The summed E-state index contributed by atoms with van der Waals surface area (Å²) in [6.07, 6.45) is 8.16. The Morgan fingerprint density at radius 3 is 3.00 bits per heavy atom. The van der Waals surface area contributed by atoms with Crippen molar-refractivity contribution in [2.45, 2.75) is 18.6 Å². The van der Waals surface area contributed by atoms with Crippen molar-refractivity contribution in [3.8, 4) is 0 Å². The number of hydrogen-bond acceptors (Lipinski definition) is 5. The largest absolute Gasteiger partial charge is 0.364 e. The highest BCUT2D eigenvalue weighted by atomic mass is 16.7. The number of pyridine rings is 1. The van der Waals surface area contributed by atoms with Crippen molar-refractivity contribution in [1.82, 2.24) is 19.6 Å². The Morgan fingerprint density at radius 1 is 1.29 bits per heavy atom. The van der Waals surface area contributed by atoms with Gasteiger partial charge in [0, 0.05) is 30.1 Å². The molecule has 0 radical (unpaired) electrons. The molecule has 1 atom stereocenters. The fourth-order valence-electron chi connectivity index (χ4n) is 3.82. The normalized spacial score (nSPS) is 34.0. The summed E-state index contributed by atoms with van der Waals surface area (Å²) in [7, 11) is 0. The molecule has 2 aromatic rings. The van der Waals surface area contributed by atoms with Crippen LogP contribution in [0.25, 0.3) is 5.65 Å². The smallest absolute Gasteiger partial charge is 0.224 e. The van der Waals surface area contributed by atoms with E-state index in [1.54, 1.807) is 6.20 Å². The summed E-state index contributed by atoms with van der Waals surface area (Å²) in [6, 6.07) is 4.04. The molecule has 2 bridgehead atoms. The van der Waals surface area contributed by atoms with Crippen molar-refractivity contribution in [3.63, 3.8) is 0 Å². The van der Waals surface area contributed by atoms with Gasteiger partial charge in [-0.15, -0.1) is 0 Å². The van der Waals surface area contributed by atoms with Crippen LogP contribution in [-0.4, -0.2) is 45.5 Å². The summed E-state index contributed by atoms with van der Waals surface area (Å²) >= 11 is 0. The van der Waals surface area contributed by atoms with Gasteiger partial charge in [0.05, 0.1) is 6.54 Å². The maximum absolute atomic E-state index is 5.89. The van der Waals surface area contributed by atoms with Gasteiger partial charge >= 0.3 is 0 Å². The topological polar surface area (TPSA) is 54.2 Å². The number of oxime groups is 1. The zero-order chi connectivity index (χ0) is 13.9. The average Bonchev–Trinajstić information content (AvgIpc) is 3.15. The third-order valence-electron chi connectivity index (χ3n) is 5.00. The molecule has 0 aromatic carbocycles. The van der Waals surface area contributed by atoms with Gasteiger partial charge in [-0.2, -0.15) is 0 Å². The molecule has 21 heavy (non-hydrogen) atoms. The molecule has 6 heteroatoms. The predicted octanol–water partition coefficient (Wildman–Crippen LogP) is 1.04. The lowest BCUT2D eigenvalue weighted by molar-refractivity contribution is -0.148. The highest BCUT2D eigenvalue weighted by molar-refractivity contribution is 5.99. The molecule has 1 spiro atoms. The maximum Gasteiger partial charge on any atom is 0.224 e. The number of nitrogens with one attached hydrogen (secondary N) is 1. The van der Waals surface area contributed by atoms with Gasteiger partial charge in [-0.05, 0) is 38.1 Å². The predicted molar refractivity (Wildman–Crippen MR) is 77.8 cm³/mol. The highest BCUT2D eigenvalue weighted by Gasteiger charge is 2.52. The second-order valence-corrected chi connectivity index (χ2v) is 6.21. The summed E-state index contributed by atoms with van der Waals surface area (Å²) in [5, 5.41) is 7.90. The Morgan fingerprint density at radius 2 is 2.19 bits per heavy atom. The molecule has 0 saturated carbocycles. The van der Waals surface area contributed by atoms with Crippen molar-refractivity contribution >= 4 is 11.5 Å². The first kappa shape index (κ1) is 11.6. The van der Waals surface area contributed by atoms with Crippen LogP contribution in [0.1, 0.15) is 18.4 Å². The molecule has 4 aliphatic rings. The van der Waals surface area contributed by atoms with Crippen molar-refractivity contribution in [2.75, 3.05) is 19.6 Å². The van der Waals surface area contributed by atoms with E-state index in [-0.39, 0.29) is 5.72 Å². The monoisotopic (exact) mass is 283 g/mol. The van der Waals surface area contributed by atoms with Crippen LogP contribution in [0.3, 0.4) is 0 Å². The Kier molecular flexibility index (Phi) is 2.19. The van der Waals surface area contributed by atoms with E-state index in [0.717, 1.165) is 23.6 Å². The second kappa shape index (κ2) is 3.98. The fourth-order valence-corrected chi connectivity index (χ4v) is 3.82. The van der Waals surface area contributed by atoms with Crippen LogP contribution < -0.4 is 5.32 Å². The molecule has 3 saturated heterocycles. The second-order valence-electron chi connectivity index (χ2n) is 6.21. The lowest BCUT2D eigenvalue weighted by atomic mass is 9.81. The minimum absolute atomic E-state index is 0.310. The zero-order valence-electron chi connectivity index (χ0n) is 11.7. The number of fused-ring (bicyclic) bond motifs is 3. The molecular weight excluding hydrogens is 266 g/mol. The number of piperidine rings is 3. The molecule has 6 heterocycles. The molecule has 1 unspecified atom stereocenters. The van der Waals surface area contributed by atoms with Crippen LogP contribution in [0.5, 0.6) is 0 Å². The molecule has 6 nitrogen and oxygen atoms in total. The molecule has 3 fully saturated rings. The third-order valence-corrected chi connectivity index (χ3v) is 5.00. The van der Waals surface area contributed by atoms with E-state index in [4.69, 9.17) is 4.84 Å². The van der Waals surface area contributed by atoms with E-state index in [1.807, 2.05) is 28.9 Å². The quantitative estimate of drug-likeness (QED) is 0.849. The molecule has 108 valence electrons. The van der Waals surface area contributed by atoms with Gasteiger partial charge in [0.25, 0.3) is 0 Å². The van der Waals surface area contributed by atoms with Gasteiger partial charge in [0.2, 0.25) is 5.72 Å². The van der Waals surface area contributed by atoms with Crippen LogP contribution >= 0.6 is 0 Å². The first-order valence-corrected chi connectivity index (χ1v) is 7.52. The lowest BCUT2D eigenvalue weighted by Gasteiger charge is -2.49. The molecule has 6 rings (SSSR count). The number of rotatable bonds is 1. The van der Waals surface area contributed by atoms with Crippen molar-refractivity contribution < 1.29 is 4.84 Å². The standard InChI is InChI=1S/C15H17N5O/c1-2-13-16-5-8-20(13)9-11(1)14-17-15(21-18-14)10-19-6-3-12(15)4-7-19/h1-2,5,8-9,12H,3-4,6-7,10H2,(H,17,18). The number of imidazole rings is 1. The van der Waals surface area contributed by atoms with Gasteiger partial charge in [0.1, 0.15) is 5.65 Å². The zero-order valence-corrected chi connectivity index (χ0v) is 11.7. The van der Waals surface area contributed by atoms with Crippen LogP contribution in [0.4, 0.5) is 0 Å². The van der Waals surface area contributed by atoms with Crippen molar-refractivity contribution in [2.24, 2.45) is 11.1 Å². The average molecular weight is 283 g/mol. The van der Waals surface area contributed by atoms with E-state index < -0.39 is 0 Å². The van der Waals surface area contributed by atoms with Gasteiger partial charge in [0.15, 0.2) is 5.84 Å². The first-order chi connectivity index (χ1) is 10.3. The number of amidine groups is 1. The van der Waals surface area contributed by atoms with E-state index in [9.17, 15) is 0 Å². The molecule has 1 N–H and O–H groups in total. The SMILES string of the molecule is c1cn2cc(C3=NOC4(CN5CCC4CC5)N3)ccc2n1. The van der Waals surface area contributed by atoms with Gasteiger partial charge in [-0.25, -0.2) is 4.98 Å². The Balaban J connectivity index is 1.46. The summed E-state index contributed by atoms with van der Waals surface area (Å²) < 4.78 is 2.00. The van der Waals surface area contributed by atoms with E-state index in [2.05, 4.69) is 20.4 Å². The Hall–Kier alpha value is -2.08. The highest BCUT2D eigenvalue weighted by Crippen LogP contribution is 2.38. The van der Waals surface area contributed by atoms with Crippen LogP contribution in [0.15, 0.2) is 35.9 Å². The lowest BCUT2D eigenvalue weighted by Crippen LogP contribution is -2.65. The molecule has 0 amide bonds. The van der Waals surface area contributed by atoms with Crippen LogP contribution in [0.2, 0.25) is 0 Å². The van der Waals surface area contributed by atoms with E-state index >= 15 is 0 Å². The first-order valence-electron chi connectivity index (χ1n) is 7.52. The number of hydrogen-bond donors (Lipinski definition) is 1. The molecule has 0 aliphatic carbocycles. The van der Waals surface area contributed by atoms with E-state index in [0.29, 0.717) is 5.92 Å². The Bertz CT molecular complexity index is 730. The number of nitrogens with zero attached hydrogens (tertiary/aromatic N) is 4. The van der Waals surface area contributed by atoms with Crippen molar-refractivity contribution in [1.29, 1.82) is 0 Å². The minimum atomic E-state index is -0.310. The van der Waals surface area contributed by atoms with Gasteiger partial charge in [-0.3, -0.25) is 4.90 Å². The van der Waals surface area contributed by atoms with Crippen LogP contribution in [0, 0.1) is 5.92 Å². The summed E-state index contributed by atoms with van der Waals surface area (Å²) in [5.41, 5.74) is 1.67. The number of aromatic nitrogens is 2. The van der Waals surface area contributed by atoms with Gasteiger partial charge < -0.3 is 14.6 Å². The fraction of sp³-hybridized carbons (Fsp3) is 0.467. The van der Waals surface area contributed by atoms with E-state index in [1.165, 1.54) is 25.9 Å². The third kappa shape index (κ3) is 1.62.